The highest BCUT2D eigenvalue weighted by atomic mass is 32.2. The van der Waals surface area contributed by atoms with Gasteiger partial charge in [-0.25, -0.2) is 18.4 Å². The Bertz CT molecular complexity index is 1030. The third-order valence-electron chi connectivity index (χ3n) is 6.04. The van der Waals surface area contributed by atoms with Crippen LogP contribution >= 0.6 is 11.3 Å². The van der Waals surface area contributed by atoms with Gasteiger partial charge in [-0.15, -0.1) is 11.3 Å². The van der Waals surface area contributed by atoms with E-state index in [-0.39, 0.29) is 23.3 Å². The van der Waals surface area contributed by atoms with Crippen molar-refractivity contribution in [1.82, 2.24) is 15.3 Å². The Labute approximate surface area is 169 Å². The summed E-state index contributed by atoms with van der Waals surface area (Å²) >= 11 is 1.69. The number of carbonyl (C=O) groups is 1. The lowest BCUT2D eigenvalue weighted by molar-refractivity contribution is -0.127. The SMILES string of the molecule is Cc1sc2ncnc(N3CCC(C(=O)N[C@@]4(C)CCS(=O)(=O)C4)CC3)c2c1C. The molecular weight excluding hydrogens is 396 g/mol. The normalized spacial score (nSPS) is 25.3. The summed E-state index contributed by atoms with van der Waals surface area (Å²) in [7, 11) is -3.03. The molecule has 0 unspecified atom stereocenters. The van der Waals surface area contributed by atoms with E-state index in [1.807, 2.05) is 6.92 Å². The highest BCUT2D eigenvalue weighted by Crippen LogP contribution is 2.35. The molecule has 2 aliphatic rings. The number of piperidine rings is 1. The lowest BCUT2D eigenvalue weighted by Crippen LogP contribution is -2.51. The summed E-state index contributed by atoms with van der Waals surface area (Å²) in [6, 6.07) is 0. The molecule has 1 N–H and O–H groups in total. The van der Waals surface area contributed by atoms with Crippen LogP contribution in [0.3, 0.4) is 0 Å². The molecule has 0 aliphatic carbocycles. The van der Waals surface area contributed by atoms with Gasteiger partial charge in [-0.2, -0.15) is 0 Å². The number of aryl methyl sites for hydroxylation is 2. The second-order valence-corrected chi connectivity index (χ2v) is 11.7. The third kappa shape index (κ3) is 3.61. The first kappa shape index (κ1) is 19.6. The summed E-state index contributed by atoms with van der Waals surface area (Å²) in [5, 5.41) is 4.14. The summed E-state index contributed by atoms with van der Waals surface area (Å²) in [6.07, 6.45) is 3.59. The molecule has 1 atom stereocenters. The highest BCUT2D eigenvalue weighted by molar-refractivity contribution is 7.91. The maximum atomic E-state index is 12.7. The topological polar surface area (TPSA) is 92.3 Å². The molecule has 0 bridgehead atoms. The number of thiophene rings is 1. The van der Waals surface area contributed by atoms with E-state index in [1.54, 1.807) is 17.7 Å². The molecule has 4 heterocycles. The van der Waals surface area contributed by atoms with Gasteiger partial charge in [-0.3, -0.25) is 4.79 Å². The Hall–Kier alpha value is -1.74. The number of fused-ring (bicyclic) bond motifs is 1. The van der Waals surface area contributed by atoms with Gasteiger partial charge in [-0.1, -0.05) is 0 Å². The largest absolute Gasteiger partial charge is 0.356 e. The number of nitrogens with zero attached hydrogens (tertiary/aromatic N) is 3. The third-order valence-corrected chi connectivity index (χ3v) is 9.06. The molecule has 2 aromatic heterocycles. The van der Waals surface area contributed by atoms with Crippen LogP contribution in [-0.2, 0) is 14.6 Å². The summed E-state index contributed by atoms with van der Waals surface area (Å²) in [5.74, 6) is 1.05. The van der Waals surface area contributed by atoms with Crippen LogP contribution in [-0.4, -0.2) is 54.4 Å². The molecule has 0 spiro atoms. The Morgan fingerprint density at radius 2 is 2.00 bits per heavy atom. The van der Waals surface area contributed by atoms with Crippen LogP contribution in [0.25, 0.3) is 10.2 Å². The van der Waals surface area contributed by atoms with Crippen molar-refractivity contribution in [1.29, 1.82) is 0 Å². The van der Waals surface area contributed by atoms with Crippen molar-refractivity contribution in [2.45, 2.75) is 45.6 Å². The van der Waals surface area contributed by atoms with Crippen molar-refractivity contribution in [3.05, 3.63) is 16.8 Å². The smallest absolute Gasteiger partial charge is 0.223 e. The zero-order valence-electron chi connectivity index (χ0n) is 16.5. The van der Waals surface area contributed by atoms with Crippen LogP contribution in [0.5, 0.6) is 0 Å². The molecule has 0 radical (unpaired) electrons. The van der Waals surface area contributed by atoms with E-state index in [9.17, 15) is 13.2 Å². The Morgan fingerprint density at radius 3 is 2.64 bits per heavy atom. The minimum absolute atomic E-state index is 0.0188. The molecular formula is C19H26N4O3S2. The molecule has 7 nitrogen and oxygen atoms in total. The standard InChI is InChI=1S/C19H26N4O3S2/c1-12-13(2)27-18-15(12)16(20-11-21-18)23-7-4-14(5-8-23)17(24)22-19(3)6-9-28(25,26)10-19/h11,14H,4-10H2,1-3H3,(H,22,24)/t19-/m0/s1. The Balaban J connectivity index is 1.43. The molecule has 2 aliphatic heterocycles. The van der Waals surface area contributed by atoms with E-state index >= 15 is 0 Å². The number of sulfone groups is 1. The lowest BCUT2D eigenvalue weighted by Gasteiger charge is -2.34. The molecule has 1 amide bonds. The molecule has 2 aromatic rings. The minimum Gasteiger partial charge on any atom is -0.356 e. The Morgan fingerprint density at radius 1 is 1.29 bits per heavy atom. The zero-order chi connectivity index (χ0) is 20.1. The van der Waals surface area contributed by atoms with E-state index in [2.05, 4.69) is 34.0 Å². The predicted octanol–water partition coefficient (Wildman–Crippen LogP) is 2.22. The maximum absolute atomic E-state index is 12.7. The number of hydrogen-bond donors (Lipinski definition) is 1. The van der Waals surface area contributed by atoms with Crippen molar-refractivity contribution >= 4 is 43.1 Å². The van der Waals surface area contributed by atoms with Crippen molar-refractivity contribution in [2.24, 2.45) is 5.92 Å². The van der Waals surface area contributed by atoms with E-state index in [0.717, 1.165) is 42.0 Å². The number of rotatable bonds is 3. The lowest BCUT2D eigenvalue weighted by atomic mass is 9.93. The van der Waals surface area contributed by atoms with Gasteiger partial charge >= 0.3 is 0 Å². The number of amides is 1. The van der Waals surface area contributed by atoms with Gasteiger partial charge < -0.3 is 10.2 Å². The first-order valence-corrected chi connectivity index (χ1v) is 12.3. The molecule has 152 valence electrons. The van der Waals surface area contributed by atoms with Gasteiger partial charge in [0.1, 0.15) is 17.0 Å². The molecule has 0 saturated carbocycles. The predicted molar refractivity (Wildman–Crippen MR) is 112 cm³/mol. The second-order valence-electron chi connectivity index (χ2n) is 8.31. The fourth-order valence-electron chi connectivity index (χ4n) is 4.27. The van der Waals surface area contributed by atoms with E-state index in [4.69, 9.17) is 0 Å². The van der Waals surface area contributed by atoms with E-state index < -0.39 is 15.4 Å². The molecule has 2 fully saturated rings. The molecule has 28 heavy (non-hydrogen) atoms. The van der Waals surface area contributed by atoms with Gasteiger partial charge in [-0.05, 0) is 45.6 Å². The van der Waals surface area contributed by atoms with E-state index in [1.165, 1.54) is 10.4 Å². The summed E-state index contributed by atoms with van der Waals surface area (Å²) in [5.41, 5.74) is 0.600. The average molecular weight is 423 g/mol. The minimum atomic E-state index is -3.03. The quantitative estimate of drug-likeness (QED) is 0.815. The number of anilines is 1. The maximum Gasteiger partial charge on any atom is 0.223 e. The van der Waals surface area contributed by atoms with Crippen LogP contribution in [0.4, 0.5) is 5.82 Å². The molecule has 9 heteroatoms. The number of aromatic nitrogens is 2. The van der Waals surface area contributed by atoms with Crippen molar-refractivity contribution in [3.63, 3.8) is 0 Å². The van der Waals surface area contributed by atoms with Crippen molar-refractivity contribution in [3.8, 4) is 0 Å². The second kappa shape index (κ2) is 6.95. The first-order chi connectivity index (χ1) is 13.2. The zero-order valence-corrected chi connectivity index (χ0v) is 18.1. The monoisotopic (exact) mass is 422 g/mol. The van der Waals surface area contributed by atoms with Crippen molar-refractivity contribution in [2.75, 3.05) is 29.5 Å². The molecule has 2 saturated heterocycles. The van der Waals surface area contributed by atoms with Crippen molar-refractivity contribution < 1.29 is 13.2 Å². The van der Waals surface area contributed by atoms with Crippen LogP contribution in [0, 0.1) is 19.8 Å². The van der Waals surface area contributed by atoms with Gasteiger partial charge in [0.2, 0.25) is 5.91 Å². The van der Waals surface area contributed by atoms with Gasteiger partial charge in [0.05, 0.1) is 22.4 Å². The van der Waals surface area contributed by atoms with Crippen LogP contribution in [0.2, 0.25) is 0 Å². The highest BCUT2D eigenvalue weighted by Gasteiger charge is 2.40. The fourth-order valence-corrected chi connectivity index (χ4v) is 7.35. The van der Waals surface area contributed by atoms with Gasteiger partial charge in [0.15, 0.2) is 9.84 Å². The van der Waals surface area contributed by atoms with E-state index in [0.29, 0.717) is 6.42 Å². The van der Waals surface area contributed by atoms with Crippen LogP contribution < -0.4 is 10.2 Å². The summed E-state index contributed by atoms with van der Waals surface area (Å²) in [6.45, 7) is 7.56. The first-order valence-electron chi connectivity index (χ1n) is 9.66. The van der Waals surface area contributed by atoms with Gasteiger partial charge in [0.25, 0.3) is 0 Å². The summed E-state index contributed by atoms with van der Waals surface area (Å²) < 4.78 is 23.5. The summed E-state index contributed by atoms with van der Waals surface area (Å²) in [4.78, 5) is 26.2. The number of nitrogens with one attached hydrogen (secondary N) is 1. The Kier molecular flexibility index (Phi) is 4.86. The molecule has 4 rings (SSSR count). The number of carbonyl (C=O) groups excluding carboxylic acids is 1. The number of hydrogen-bond acceptors (Lipinski definition) is 7. The van der Waals surface area contributed by atoms with Gasteiger partial charge in [0, 0.05) is 23.9 Å². The van der Waals surface area contributed by atoms with Crippen LogP contribution in [0.1, 0.15) is 36.6 Å². The van der Waals surface area contributed by atoms with Crippen LogP contribution in [0.15, 0.2) is 6.33 Å². The fraction of sp³-hybridized carbons (Fsp3) is 0.632. The molecule has 0 aromatic carbocycles. The average Bonchev–Trinajstić information content (AvgIpc) is 3.09.